The predicted octanol–water partition coefficient (Wildman–Crippen LogP) is 2.84. The van der Waals surface area contributed by atoms with Crippen LogP contribution in [0.4, 0.5) is 0 Å². The number of hydrogen-bond acceptors (Lipinski definition) is 7. The summed E-state index contributed by atoms with van der Waals surface area (Å²) in [7, 11) is 1.49. The quantitative estimate of drug-likeness (QED) is 0.262. The molecular formula is C21H20N2O6. The molecule has 8 heteroatoms. The molecule has 0 unspecified atom stereocenters. The molecule has 1 heterocycles. The highest BCUT2D eigenvalue weighted by Gasteiger charge is 2.25. The fourth-order valence-corrected chi connectivity index (χ4v) is 2.87. The molecule has 29 heavy (non-hydrogen) atoms. The van der Waals surface area contributed by atoms with E-state index in [0.29, 0.717) is 28.4 Å². The zero-order chi connectivity index (χ0) is 21.0. The van der Waals surface area contributed by atoms with Crippen molar-refractivity contribution in [2.24, 2.45) is 0 Å². The second kappa shape index (κ2) is 8.55. The minimum atomic E-state index is -0.621. The minimum Gasteiger partial charge on any atom is -0.618 e. The van der Waals surface area contributed by atoms with Gasteiger partial charge in [0.1, 0.15) is 23.6 Å². The number of aromatic nitrogens is 2. The molecule has 0 fully saturated rings. The highest BCUT2D eigenvalue weighted by atomic mass is 16.5. The van der Waals surface area contributed by atoms with E-state index in [1.807, 2.05) is 6.92 Å². The molecule has 0 aliphatic rings. The Morgan fingerprint density at radius 2 is 1.93 bits per heavy atom. The van der Waals surface area contributed by atoms with Gasteiger partial charge < -0.3 is 19.4 Å². The van der Waals surface area contributed by atoms with Crippen molar-refractivity contribution in [2.45, 2.75) is 20.5 Å². The van der Waals surface area contributed by atoms with E-state index in [0.717, 1.165) is 0 Å². The third-order valence-corrected chi connectivity index (χ3v) is 4.19. The second-order valence-corrected chi connectivity index (χ2v) is 6.15. The highest BCUT2D eigenvalue weighted by Crippen LogP contribution is 2.20. The Bertz CT molecular complexity index is 1080. The minimum absolute atomic E-state index is 0.0837. The summed E-state index contributed by atoms with van der Waals surface area (Å²) in [4.78, 5) is 28.8. The van der Waals surface area contributed by atoms with Gasteiger partial charge in [0.15, 0.2) is 5.69 Å². The topological polar surface area (TPSA) is 102 Å². The lowest BCUT2D eigenvalue weighted by Crippen LogP contribution is -2.37. The molecular weight excluding hydrogens is 376 g/mol. The fraction of sp³-hybridized carbons (Fsp3) is 0.238. The van der Waals surface area contributed by atoms with Gasteiger partial charge in [-0.15, -0.1) is 0 Å². The first-order valence-corrected chi connectivity index (χ1v) is 8.95. The Labute approximate surface area is 167 Å². The summed E-state index contributed by atoms with van der Waals surface area (Å²) in [5, 5.41) is 12.8. The molecule has 0 saturated heterocycles. The molecule has 1 aromatic heterocycles. The van der Waals surface area contributed by atoms with Gasteiger partial charge in [0.05, 0.1) is 25.3 Å². The average Bonchev–Trinajstić information content (AvgIpc) is 2.72. The van der Waals surface area contributed by atoms with Crippen molar-refractivity contribution in [3.63, 3.8) is 0 Å². The van der Waals surface area contributed by atoms with Gasteiger partial charge in [0, 0.05) is 6.92 Å². The standard InChI is InChI=1S/C21H20N2O6/c1-4-28-16-8-9-17-19(11-16)23(26)20(13(2)24)18(22-17)12-29-21(25)14-6-5-7-15(10-14)27-3/h5-11H,4,12H2,1-3H3. The van der Waals surface area contributed by atoms with Crippen LogP contribution in [0.1, 0.15) is 40.4 Å². The van der Waals surface area contributed by atoms with Crippen molar-refractivity contribution >= 4 is 22.8 Å². The molecule has 150 valence electrons. The van der Waals surface area contributed by atoms with Crippen molar-refractivity contribution in [3.05, 3.63) is 64.6 Å². The van der Waals surface area contributed by atoms with Gasteiger partial charge in [-0.2, -0.15) is 4.73 Å². The van der Waals surface area contributed by atoms with Gasteiger partial charge in [0.2, 0.25) is 11.3 Å². The third-order valence-electron chi connectivity index (χ3n) is 4.19. The number of Topliss-reactive ketones (excluding diaryl/α,β-unsaturated/α-hetero) is 1. The summed E-state index contributed by atoms with van der Waals surface area (Å²) in [5.74, 6) is -0.0959. The summed E-state index contributed by atoms with van der Waals surface area (Å²) in [5.41, 5.74) is 0.751. The zero-order valence-electron chi connectivity index (χ0n) is 16.3. The first kappa shape index (κ1) is 20.1. The van der Waals surface area contributed by atoms with Crippen molar-refractivity contribution < 1.29 is 28.5 Å². The molecule has 0 N–H and O–H groups in total. The normalized spacial score (nSPS) is 10.6. The van der Waals surface area contributed by atoms with Gasteiger partial charge >= 0.3 is 5.97 Å². The van der Waals surface area contributed by atoms with E-state index in [9.17, 15) is 14.8 Å². The first-order valence-electron chi connectivity index (χ1n) is 8.95. The van der Waals surface area contributed by atoms with E-state index in [1.165, 1.54) is 26.2 Å². The van der Waals surface area contributed by atoms with Crippen LogP contribution in [0, 0.1) is 5.21 Å². The molecule has 8 nitrogen and oxygen atoms in total. The smallest absolute Gasteiger partial charge is 0.338 e. The van der Waals surface area contributed by atoms with Crippen LogP contribution >= 0.6 is 0 Å². The summed E-state index contributed by atoms with van der Waals surface area (Å²) >= 11 is 0. The van der Waals surface area contributed by atoms with Crippen LogP contribution in [0.2, 0.25) is 0 Å². The molecule has 0 amide bonds. The van der Waals surface area contributed by atoms with E-state index in [2.05, 4.69) is 4.98 Å². The van der Waals surface area contributed by atoms with Gasteiger partial charge in [-0.1, -0.05) is 6.07 Å². The van der Waals surface area contributed by atoms with Crippen molar-refractivity contribution in [1.29, 1.82) is 0 Å². The fourth-order valence-electron chi connectivity index (χ4n) is 2.87. The number of carbonyl (C=O) groups is 2. The molecule has 0 atom stereocenters. The summed E-state index contributed by atoms with van der Waals surface area (Å²) in [6, 6.07) is 11.3. The van der Waals surface area contributed by atoms with Crippen molar-refractivity contribution in [3.8, 4) is 11.5 Å². The molecule has 0 aliphatic carbocycles. The third kappa shape index (κ3) is 4.26. The van der Waals surface area contributed by atoms with Crippen LogP contribution in [0.5, 0.6) is 11.5 Å². The number of hydrogen-bond donors (Lipinski definition) is 0. The van der Waals surface area contributed by atoms with Crippen LogP contribution in [0.3, 0.4) is 0 Å². The van der Waals surface area contributed by atoms with Gasteiger partial charge in [-0.05, 0) is 37.3 Å². The number of carbonyl (C=O) groups excluding carboxylic acids is 2. The Hall–Kier alpha value is -3.68. The lowest BCUT2D eigenvalue weighted by atomic mass is 10.2. The van der Waals surface area contributed by atoms with Crippen molar-refractivity contribution in [1.82, 2.24) is 4.98 Å². The number of ether oxygens (including phenoxy) is 3. The average molecular weight is 396 g/mol. The van der Waals surface area contributed by atoms with E-state index >= 15 is 0 Å². The van der Waals surface area contributed by atoms with Crippen LogP contribution in [-0.4, -0.2) is 30.5 Å². The van der Waals surface area contributed by atoms with Crippen LogP contribution in [0.25, 0.3) is 11.0 Å². The van der Waals surface area contributed by atoms with Gasteiger partial charge in [0.25, 0.3) is 5.69 Å². The maximum atomic E-state index is 12.8. The van der Waals surface area contributed by atoms with Crippen LogP contribution < -0.4 is 14.2 Å². The van der Waals surface area contributed by atoms with Crippen LogP contribution in [-0.2, 0) is 11.3 Å². The van der Waals surface area contributed by atoms with Crippen LogP contribution in [0.15, 0.2) is 42.5 Å². The lowest BCUT2D eigenvalue weighted by Gasteiger charge is -2.12. The molecule has 3 rings (SSSR count). The maximum Gasteiger partial charge on any atom is 0.338 e. The monoisotopic (exact) mass is 396 g/mol. The SMILES string of the molecule is CCOc1ccc2nc(COC(=O)c3cccc(OC)c3)c(C(C)=O)[n+]([O-])c2c1. The van der Waals surface area contributed by atoms with Gasteiger partial charge in [-0.25, -0.2) is 9.78 Å². The molecule has 0 bridgehead atoms. The Morgan fingerprint density at radius 1 is 1.14 bits per heavy atom. The zero-order valence-corrected chi connectivity index (χ0v) is 16.3. The molecule has 0 radical (unpaired) electrons. The summed E-state index contributed by atoms with van der Waals surface area (Å²) in [6.45, 7) is 3.21. The molecule has 0 saturated carbocycles. The molecule has 0 aliphatic heterocycles. The predicted molar refractivity (Wildman–Crippen MR) is 104 cm³/mol. The lowest BCUT2D eigenvalue weighted by molar-refractivity contribution is -0.580. The Morgan fingerprint density at radius 3 is 2.62 bits per heavy atom. The first-order chi connectivity index (χ1) is 13.9. The van der Waals surface area contributed by atoms with E-state index in [4.69, 9.17) is 14.2 Å². The van der Waals surface area contributed by atoms with E-state index in [1.54, 1.807) is 30.3 Å². The highest BCUT2D eigenvalue weighted by molar-refractivity contribution is 5.93. The number of fused-ring (bicyclic) bond motifs is 1. The number of rotatable bonds is 7. The number of nitrogens with zero attached hydrogens (tertiary/aromatic N) is 2. The van der Waals surface area contributed by atoms with E-state index < -0.39 is 11.8 Å². The number of benzene rings is 2. The number of methoxy groups -OCH3 is 1. The molecule has 3 aromatic rings. The summed E-state index contributed by atoms with van der Waals surface area (Å²) < 4.78 is 16.3. The largest absolute Gasteiger partial charge is 0.618 e. The number of esters is 1. The number of ketones is 1. The van der Waals surface area contributed by atoms with Crippen molar-refractivity contribution in [2.75, 3.05) is 13.7 Å². The Balaban J connectivity index is 1.93. The molecule has 2 aromatic carbocycles. The summed E-state index contributed by atoms with van der Waals surface area (Å²) in [6.07, 6.45) is 0. The van der Waals surface area contributed by atoms with Gasteiger partial charge in [-0.3, -0.25) is 4.79 Å². The second-order valence-electron chi connectivity index (χ2n) is 6.15. The Kier molecular flexibility index (Phi) is 5.92. The molecule has 0 spiro atoms. The maximum absolute atomic E-state index is 12.8. The van der Waals surface area contributed by atoms with E-state index in [-0.39, 0.29) is 29.1 Å².